The van der Waals surface area contributed by atoms with E-state index in [9.17, 15) is 4.79 Å². The molecule has 1 amide bonds. The zero-order chi connectivity index (χ0) is 14.1. The number of halogens is 1. The molecule has 1 aliphatic heterocycles. The molecule has 2 heterocycles. The third-order valence-corrected chi connectivity index (χ3v) is 3.40. The average molecular weight is 331 g/mol. The Balaban J connectivity index is 2.08. The molecule has 0 saturated carbocycles. The normalized spacial score (nSPS) is 14.1. The van der Waals surface area contributed by atoms with Gasteiger partial charge < -0.3 is 5.32 Å². The monoisotopic (exact) mass is 330 g/mol. The van der Waals surface area contributed by atoms with Gasteiger partial charge in [-0.1, -0.05) is 15.9 Å². The van der Waals surface area contributed by atoms with Crippen molar-refractivity contribution in [3.8, 4) is 0 Å². The number of aryl methyl sites for hydroxylation is 1. The van der Waals surface area contributed by atoms with Crippen molar-refractivity contribution >= 4 is 38.9 Å². The SMILES string of the molecule is Cc1ccc(C2=Nc3ccc(Br)cc3NC(=O)C2)nn1. The molecular formula is C14H11BrN4O. The Morgan fingerprint density at radius 3 is 2.80 bits per heavy atom. The first-order valence-corrected chi connectivity index (χ1v) is 6.89. The van der Waals surface area contributed by atoms with Crippen molar-refractivity contribution < 1.29 is 4.79 Å². The fraction of sp³-hybridized carbons (Fsp3) is 0.143. The van der Waals surface area contributed by atoms with E-state index in [4.69, 9.17) is 0 Å². The maximum atomic E-state index is 12.0. The van der Waals surface area contributed by atoms with Gasteiger partial charge in [-0.15, -0.1) is 5.10 Å². The summed E-state index contributed by atoms with van der Waals surface area (Å²) in [5, 5.41) is 11.0. The van der Waals surface area contributed by atoms with E-state index in [1.54, 1.807) is 0 Å². The predicted octanol–water partition coefficient (Wildman–Crippen LogP) is 3.01. The Morgan fingerprint density at radius 2 is 2.05 bits per heavy atom. The first-order valence-electron chi connectivity index (χ1n) is 6.09. The molecule has 0 atom stereocenters. The minimum atomic E-state index is -0.108. The fourth-order valence-corrected chi connectivity index (χ4v) is 2.30. The highest BCUT2D eigenvalue weighted by Gasteiger charge is 2.18. The zero-order valence-corrected chi connectivity index (χ0v) is 12.3. The van der Waals surface area contributed by atoms with Gasteiger partial charge in [0, 0.05) is 4.47 Å². The number of amides is 1. The lowest BCUT2D eigenvalue weighted by atomic mass is 10.2. The number of aliphatic imine (C=N–C) groups is 1. The van der Waals surface area contributed by atoms with Crippen molar-refractivity contribution in [3.63, 3.8) is 0 Å². The zero-order valence-electron chi connectivity index (χ0n) is 10.7. The number of anilines is 1. The van der Waals surface area contributed by atoms with Crippen LogP contribution in [0.3, 0.4) is 0 Å². The van der Waals surface area contributed by atoms with Gasteiger partial charge in [0.15, 0.2) is 0 Å². The summed E-state index contributed by atoms with van der Waals surface area (Å²) in [6, 6.07) is 9.26. The molecule has 0 spiro atoms. The summed E-state index contributed by atoms with van der Waals surface area (Å²) in [6.45, 7) is 1.87. The predicted molar refractivity (Wildman–Crippen MR) is 80.4 cm³/mol. The summed E-state index contributed by atoms with van der Waals surface area (Å²) >= 11 is 3.38. The minimum absolute atomic E-state index is 0.108. The standard InChI is InChI=1S/C14H11BrN4O/c1-8-2-4-11(19-18-8)13-7-14(20)17-12-6-9(15)3-5-10(12)16-13/h2-6H,7H2,1H3,(H,17,20). The second-order valence-electron chi connectivity index (χ2n) is 4.50. The summed E-state index contributed by atoms with van der Waals surface area (Å²) in [5.74, 6) is -0.108. The summed E-state index contributed by atoms with van der Waals surface area (Å²) in [7, 11) is 0. The van der Waals surface area contributed by atoms with E-state index in [0.29, 0.717) is 17.1 Å². The van der Waals surface area contributed by atoms with Crippen molar-refractivity contribution in [1.82, 2.24) is 10.2 Å². The third kappa shape index (κ3) is 2.60. The van der Waals surface area contributed by atoms with Crippen LogP contribution in [0.5, 0.6) is 0 Å². The summed E-state index contributed by atoms with van der Waals surface area (Å²) < 4.78 is 0.894. The Bertz CT molecular complexity index is 710. The van der Waals surface area contributed by atoms with Crippen LogP contribution in [0.2, 0.25) is 0 Å². The number of nitrogens with one attached hydrogen (secondary N) is 1. The van der Waals surface area contributed by atoms with Gasteiger partial charge in [-0.3, -0.25) is 4.79 Å². The third-order valence-electron chi connectivity index (χ3n) is 2.91. The molecule has 20 heavy (non-hydrogen) atoms. The van der Waals surface area contributed by atoms with Gasteiger partial charge in [-0.25, -0.2) is 4.99 Å². The van der Waals surface area contributed by atoms with Crippen molar-refractivity contribution in [2.45, 2.75) is 13.3 Å². The van der Waals surface area contributed by atoms with Crippen molar-refractivity contribution in [2.24, 2.45) is 4.99 Å². The van der Waals surface area contributed by atoms with Crippen molar-refractivity contribution in [3.05, 3.63) is 46.2 Å². The fourth-order valence-electron chi connectivity index (χ4n) is 1.94. The lowest BCUT2D eigenvalue weighted by molar-refractivity contribution is -0.115. The number of benzene rings is 1. The van der Waals surface area contributed by atoms with Gasteiger partial charge in [-0.2, -0.15) is 5.10 Å². The van der Waals surface area contributed by atoms with Gasteiger partial charge >= 0.3 is 0 Å². The first kappa shape index (κ1) is 12.9. The molecule has 0 fully saturated rings. The van der Waals surface area contributed by atoms with E-state index in [-0.39, 0.29) is 12.3 Å². The van der Waals surface area contributed by atoms with E-state index < -0.39 is 0 Å². The number of aromatic nitrogens is 2. The molecule has 1 aromatic heterocycles. The number of fused-ring (bicyclic) bond motifs is 1. The smallest absolute Gasteiger partial charge is 0.230 e. The minimum Gasteiger partial charge on any atom is -0.324 e. The molecular weight excluding hydrogens is 320 g/mol. The molecule has 1 N–H and O–H groups in total. The van der Waals surface area contributed by atoms with Gasteiger partial charge in [0.05, 0.1) is 29.2 Å². The molecule has 6 heteroatoms. The second kappa shape index (κ2) is 5.13. The van der Waals surface area contributed by atoms with E-state index in [0.717, 1.165) is 15.9 Å². The van der Waals surface area contributed by atoms with E-state index >= 15 is 0 Å². The lowest BCUT2D eigenvalue weighted by Crippen LogP contribution is -2.16. The number of hydrogen-bond donors (Lipinski definition) is 1. The van der Waals surface area contributed by atoms with Crippen LogP contribution in [0.1, 0.15) is 17.8 Å². The molecule has 2 aromatic rings. The number of carbonyl (C=O) groups excluding carboxylic acids is 1. The van der Waals surface area contributed by atoms with Crippen LogP contribution in [-0.4, -0.2) is 21.8 Å². The van der Waals surface area contributed by atoms with Crippen LogP contribution in [0.15, 0.2) is 39.8 Å². The van der Waals surface area contributed by atoms with E-state index in [1.165, 1.54) is 0 Å². The highest BCUT2D eigenvalue weighted by Crippen LogP contribution is 2.31. The Kier molecular flexibility index (Phi) is 3.31. The first-order chi connectivity index (χ1) is 9.61. The highest BCUT2D eigenvalue weighted by molar-refractivity contribution is 9.10. The van der Waals surface area contributed by atoms with Gasteiger partial charge in [0.1, 0.15) is 5.69 Å². The van der Waals surface area contributed by atoms with Crippen LogP contribution in [-0.2, 0) is 4.79 Å². The van der Waals surface area contributed by atoms with Crippen molar-refractivity contribution in [1.29, 1.82) is 0 Å². The number of hydrogen-bond acceptors (Lipinski definition) is 4. The maximum Gasteiger partial charge on any atom is 0.230 e. The number of rotatable bonds is 1. The van der Waals surface area contributed by atoms with Gasteiger partial charge in [-0.05, 0) is 37.3 Å². The number of nitrogens with zero attached hydrogens (tertiary/aromatic N) is 3. The van der Waals surface area contributed by atoms with E-state index in [2.05, 4.69) is 36.4 Å². The van der Waals surface area contributed by atoms with Crippen molar-refractivity contribution in [2.75, 3.05) is 5.32 Å². The Morgan fingerprint density at radius 1 is 1.20 bits per heavy atom. The largest absolute Gasteiger partial charge is 0.324 e. The Labute approximate surface area is 124 Å². The molecule has 5 nitrogen and oxygen atoms in total. The second-order valence-corrected chi connectivity index (χ2v) is 5.42. The van der Waals surface area contributed by atoms with Gasteiger partial charge in [0.2, 0.25) is 5.91 Å². The molecule has 0 radical (unpaired) electrons. The molecule has 0 bridgehead atoms. The van der Waals surface area contributed by atoms with Crippen LogP contribution in [0.25, 0.3) is 0 Å². The molecule has 100 valence electrons. The molecule has 3 rings (SSSR count). The summed E-state index contributed by atoms with van der Waals surface area (Å²) in [4.78, 5) is 16.5. The highest BCUT2D eigenvalue weighted by atomic mass is 79.9. The van der Waals surface area contributed by atoms with Crippen LogP contribution < -0.4 is 5.32 Å². The number of carbonyl (C=O) groups is 1. The molecule has 1 aromatic carbocycles. The lowest BCUT2D eigenvalue weighted by Gasteiger charge is -2.04. The Hall–Kier alpha value is -2.08. The van der Waals surface area contributed by atoms with Crippen LogP contribution in [0, 0.1) is 6.92 Å². The summed E-state index contributed by atoms with van der Waals surface area (Å²) in [5.41, 5.74) is 3.49. The molecule has 0 aliphatic carbocycles. The molecule has 0 unspecified atom stereocenters. The molecule has 0 saturated heterocycles. The topological polar surface area (TPSA) is 67.2 Å². The maximum absolute atomic E-state index is 12.0. The van der Waals surface area contributed by atoms with E-state index in [1.807, 2.05) is 37.3 Å². The molecule has 1 aliphatic rings. The average Bonchev–Trinajstić information content (AvgIpc) is 2.57. The summed E-state index contributed by atoms with van der Waals surface area (Å²) in [6.07, 6.45) is 0.185. The van der Waals surface area contributed by atoms with Crippen LogP contribution in [0.4, 0.5) is 11.4 Å². The van der Waals surface area contributed by atoms with Gasteiger partial charge in [0.25, 0.3) is 0 Å². The quantitative estimate of drug-likeness (QED) is 0.873. The van der Waals surface area contributed by atoms with Crippen LogP contribution >= 0.6 is 15.9 Å².